The first-order valence-corrected chi connectivity index (χ1v) is 10.8. The molecule has 2 aromatic heterocycles. The maximum atomic E-state index is 12.8. The molecule has 0 bridgehead atoms. The lowest BCUT2D eigenvalue weighted by atomic mass is 9.90. The molecular formula is C20H31N5O2S. The van der Waals surface area contributed by atoms with Crippen molar-refractivity contribution in [3.63, 3.8) is 0 Å². The summed E-state index contributed by atoms with van der Waals surface area (Å²) in [6.07, 6.45) is 8.96. The Labute approximate surface area is 171 Å². The number of ether oxygens (including phenoxy) is 1. The van der Waals surface area contributed by atoms with E-state index in [0.29, 0.717) is 6.54 Å². The highest BCUT2D eigenvalue weighted by molar-refractivity contribution is 7.11. The molecular weight excluding hydrogens is 374 g/mol. The van der Waals surface area contributed by atoms with E-state index in [9.17, 15) is 4.79 Å². The number of amides is 1. The van der Waals surface area contributed by atoms with Crippen molar-refractivity contribution in [2.24, 2.45) is 0 Å². The number of aromatic nitrogens is 3. The van der Waals surface area contributed by atoms with Gasteiger partial charge in [0.2, 0.25) is 0 Å². The maximum Gasteiger partial charge on any atom is 0.252 e. The Morgan fingerprint density at radius 3 is 2.71 bits per heavy atom. The monoisotopic (exact) mass is 405 g/mol. The van der Waals surface area contributed by atoms with Crippen LogP contribution in [0.2, 0.25) is 0 Å². The molecule has 0 aliphatic carbocycles. The first kappa shape index (κ1) is 21.0. The van der Waals surface area contributed by atoms with Crippen LogP contribution in [-0.2, 0) is 22.5 Å². The summed E-state index contributed by atoms with van der Waals surface area (Å²) in [7, 11) is 1.65. The van der Waals surface area contributed by atoms with Gasteiger partial charge in [0.25, 0.3) is 5.91 Å². The predicted molar refractivity (Wildman–Crippen MR) is 111 cm³/mol. The average molecular weight is 406 g/mol. The van der Waals surface area contributed by atoms with E-state index in [1.165, 1.54) is 4.88 Å². The Balaban J connectivity index is 1.41. The second-order valence-corrected chi connectivity index (χ2v) is 8.74. The minimum atomic E-state index is -0.699. The zero-order valence-corrected chi connectivity index (χ0v) is 17.9. The molecule has 1 N–H and O–H groups in total. The second kappa shape index (κ2) is 9.62. The van der Waals surface area contributed by atoms with E-state index in [0.717, 1.165) is 62.6 Å². The number of hydrogen-bond donors (Lipinski definition) is 1. The minimum absolute atomic E-state index is 0.0121. The van der Waals surface area contributed by atoms with Gasteiger partial charge < -0.3 is 19.5 Å². The highest BCUT2D eigenvalue weighted by Gasteiger charge is 2.41. The molecule has 1 aliphatic rings. The van der Waals surface area contributed by atoms with Gasteiger partial charge in [-0.1, -0.05) is 0 Å². The number of nitrogens with zero attached hydrogens (tertiary/aromatic N) is 4. The third-order valence-corrected chi connectivity index (χ3v) is 6.75. The van der Waals surface area contributed by atoms with Crippen LogP contribution in [0.15, 0.2) is 18.7 Å². The van der Waals surface area contributed by atoms with Crippen LogP contribution in [-0.4, -0.2) is 64.2 Å². The van der Waals surface area contributed by atoms with Crippen LogP contribution >= 0.6 is 11.3 Å². The van der Waals surface area contributed by atoms with E-state index < -0.39 is 5.60 Å². The lowest BCUT2D eigenvalue weighted by molar-refractivity contribution is -0.149. The minimum Gasteiger partial charge on any atom is -0.368 e. The van der Waals surface area contributed by atoms with E-state index in [4.69, 9.17) is 4.74 Å². The molecule has 0 saturated carbocycles. The molecule has 0 aromatic carbocycles. The summed E-state index contributed by atoms with van der Waals surface area (Å²) in [4.78, 5) is 25.1. The highest BCUT2D eigenvalue weighted by Crippen LogP contribution is 2.26. The molecule has 3 heterocycles. The number of aryl methyl sites for hydroxylation is 3. The molecule has 0 unspecified atom stereocenters. The average Bonchev–Trinajstić information content (AvgIpc) is 3.32. The SMILES string of the molecule is COC1(C(=O)NCCc2nc(C)c(C)s2)CCN(CCCn2ccnc2)CC1. The Morgan fingerprint density at radius 1 is 1.32 bits per heavy atom. The number of imidazole rings is 1. The largest absolute Gasteiger partial charge is 0.368 e. The summed E-state index contributed by atoms with van der Waals surface area (Å²) >= 11 is 1.71. The normalized spacial score (nSPS) is 17.0. The quantitative estimate of drug-likeness (QED) is 0.692. The number of rotatable bonds is 9. The van der Waals surface area contributed by atoms with E-state index in [-0.39, 0.29) is 5.91 Å². The Bertz CT molecular complexity index is 731. The Kier molecular flexibility index (Phi) is 7.20. The van der Waals surface area contributed by atoms with Gasteiger partial charge in [-0.25, -0.2) is 9.97 Å². The zero-order valence-electron chi connectivity index (χ0n) is 17.1. The van der Waals surface area contributed by atoms with Crippen LogP contribution in [0.5, 0.6) is 0 Å². The van der Waals surface area contributed by atoms with Crippen molar-refractivity contribution in [2.45, 2.75) is 51.7 Å². The summed E-state index contributed by atoms with van der Waals surface area (Å²) in [5.74, 6) is 0.0121. The molecule has 154 valence electrons. The molecule has 1 aliphatic heterocycles. The van der Waals surface area contributed by atoms with Gasteiger partial charge in [-0.3, -0.25) is 4.79 Å². The highest BCUT2D eigenvalue weighted by atomic mass is 32.1. The van der Waals surface area contributed by atoms with Crippen LogP contribution in [0.3, 0.4) is 0 Å². The summed E-state index contributed by atoms with van der Waals surface area (Å²) in [5.41, 5.74) is 0.385. The molecule has 7 nitrogen and oxygen atoms in total. The molecule has 0 spiro atoms. The topological polar surface area (TPSA) is 72.3 Å². The van der Waals surface area contributed by atoms with Crippen LogP contribution in [0.25, 0.3) is 0 Å². The van der Waals surface area contributed by atoms with Crippen molar-refractivity contribution in [3.8, 4) is 0 Å². The smallest absolute Gasteiger partial charge is 0.252 e. The molecule has 0 atom stereocenters. The van der Waals surface area contributed by atoms with Gasteiger partial charge in [-0.15, -0.1) is 11.3 Å². The molecule has 0 radical (unpaired) electrons. The van der Waals surface area contributed by atoms with Gasteiger partial charge in [0.05, 0.1) is 17.0 Å². The van der Waals surface area contributed by atoms with Crippen molar-refractivity contribution in [3.05, 3.63) is 34.3 Å². The maximum absolute atomic E-state index is 12.8. The number of methoxy groups -OCH3 is 1. The molecule has 28 heavy (non-hydrogen) atoms. The number of hydrogen-bond acceptors (Lipinski definition) is 6. The molecule has 2 aromatic rings. The molecule has 8 heteroatoms. The Hall–Kier alpha value is -1.77. The standard InChI is InChI=1S/C20H31N5O2S/c1-16-17(2)28-18(23-16)5-8-22-19(26)20(27-3)6-12-24(13-7-20)10-4-11-25-14-9-21-15-25/h9,14-15H,4-8,10-13H2,1-3H3,(H,22,26). The second-order valence-electron chi connectivity index (χ2n) is 7.45. The van der Waals surface area contributed by atoms with Gasteiger partial charge in [0.1, 0.15) is 5.60 Å². The number of thiazole rings is 1. The van der Waals surface area contributed by atoms with Gasteiger partial charge >= 0.3 is 0 Å². The predicted octanol–water partition coefficient (Wildman–Crippen LogP) is 2.19. The fourth-order valence-corrected chi connectivity index (χ4v) is 4.58. The number of carbonyl (C=O) groups is 1. The van der Waals surface area contributed by atoms with Gasteiger partial charge in [0.15, 0.2) is 0 Å². The molecule has 1 fully saturated rings. The first-order chi connectivity index (χ1) is 13.5. The van der Waals surface area contributed by atoms with E-state index in [1.807, 2.05) is 25.6 Å². The lowest BCUT2D eigenvalue weighted by Crippen LogP contribution is -2.55. The summed E-state index contributed by atoms with van der Waals surface area (Å²) in [5, 5.41) is 4.15. The van der Waals surface area contributed by atoms with Crippen LogP contribution in [0, 0.1) is 13.8 Å². The van der Waals surface area contributed by atoms with Crippen LogP contribution in [0.1, 0.15) is 34.8 Å². The number of piperidine rings is 1. The van der Waals surface area contributed by atoms with Crippen LogP contribution < -0.4 is 5.32 Å². The fraction of sp³-hybridized carbons (Fsp3) is 0.650. The third kappa shape index (κ3) is 5.18. The number of carbonyl (C=O) groups excluding carboxylic acids is 1. The zero-order chi connectivity index (χ0) is 20.0. The molecule has 1 saturated heterocycles. The van der Waals surface area contributed by atoms with Crippen molar-refractivity contribution in [2.75, 3.05) is 33.3 Å². The van der Waals surface area contributed by atoms with Gasteiger partial charge in [-0.2, -0.15) is 0 Å². The third-order valence-electron chi connectivity index (χ3n) is 5.62. The van der Waals surface area contributed by atoms with Gasteiger partial charge in [-0.05, 0) is 39.7 Å². The fourth-order valence-electron chi connectivity index (χ4n) is 3.65. The first-order valence-electron chi connectivity index (χ1n) is 9.97. The summed E-state index contributed by atoms with van der Waals surface area (Å²) in [6, 6.07) is 0. The van der Waals surface area contributed by atoms with Crippen molar-refractivity contribution < 1.29 is 9.53 Å². The van der Waals surface area contributed by atoms with Crippen LogP contribution in [0.4, 0.5) is 0 Å². The summed E-state index contributed by atoms with van der Waals surface area (Å²) in [6.45, 7) is 8.48. The van der Waals surface area contributed by atoms with E-state index in [1.54, 1.807) is 18.4 Å². The molecule has 1 amide bonds. The summed E-state index contributed by atoms with van der Waals surface area (Å²) < 4.78 is 7.81. The van der Waals surface area contributed by atoms with Gasteiger partial charge in [0, 0.05) is 57.0 Å². The lowest BCUT2D eigenvalue weighted by Gasteiger charge is -2.39. The molecule has 3 rings (SSSR count). The Morgan fingerprint density at radius 2 is 2.11 bits per heavy atom. The van der Waals surface area contributed by atoms with E-state index >= 15 is 0 Å². The number of likely N-dealkylation sites (tertiary alicyclic amines) is 1. The van der Waals surface area contributed by atoms with Crippen molar-refractivity contribution in [1.82, 2.24) is 24.8 Å². The number of nitrogens with one attached hydrogen (secondary N) is 1. The van der Waals surface area contributed by atoms with Crippen molar-refractivity contribution >= 4 is 17.2 Å². The van der Waals surface area contributed by atoms with E-state index in [2.05, 4.69) is 31.7 Å². The van der Waals surface area contributed by atoms with Crippen molar-refractivity contribution in [1.29, 1.82) is 0 Å².